The van der Waals surface area contributed by atoms with Crippen molar-refractivity contribution < 1.29 is 9.53 Å². The fraction of sp³-hybridized carbons (Fsp3) is 0.471. The van der Waals surface area contributed by atoms with Gasteiger partial charge in [-0.25, -0.2) is 4.79 Å². The molecule has 0 saturated carbocycles. The number of likely N-dealkylation sites (tertiary alicyclic amines) is 1. The highest BCUT2D eigenvalue weighted by atomic mass is 79.9. The fourth-order valence-electron chi connectivity index (χ4n) is 2.66. The van der Waals surface area contributed by atoms with E-state index < -0.39 is 5.60 Å². The van der Waals surface area contributed by atoms with Crippen molar-refractivity contribution in [2.45, 2.75) is 51.3 Å². The molecule has 1 saturated heterocycles. The summed E-state index contributed by atoms with van der Waals surface area (Å²) >= 11 is 3.44. The monoisotopic (exact) mass is 351 g/mol. The smallest absolute Gasteiger partial charge is 0.411 e. The zero-order valence-corrected chi connectivity index (χ0v) is 14.4. The topological polar surface area (TPSA) is 29.5 Å². The SMILES string of the molecule is C=CC1CCC(c2ccc(Br)cc2)N1C(=O)OC(C)(C)C. The number of benzene rings is 1. The third-order valence-electron chi connectivity index (χ3n) is 3.56. The van der Waals surface area contributed by atoms with Crippen molar-refractivity contribution in [2.75, 3.05) is 0 Å². The summed E-state index contributed by atoms with van der Waals surface area (Å²) < 4.78 is 6.59. The van der Waals surface area contributed by atoms with Crippen LogP contribution in [0.15, 0.2) is 41.4 Å². The quantitative estimate of drug-likeness (QED) is 0.695. The average molecular weight is 352 g/mol. The van der Waals surface area contributed by atoms with E-state index in [4.69, 9.17) is 4.74 Å². The van der Waals surface area contributed by atoms with Crippen molar-refractivity contribution in [2.24, 2.45) is 0 Å². The first kappa shape index (κ1) is 16.1. The summed E-state index contributed by atoms with van der Waals surface area (Å²) in [6.07, 6.45) is 3.42. The Morgan fingerprint density at radius 2 is 1.95 bits per heavy atom. The lowest BCUT2D eigenvalue weighted by molar-refractivity contribution is 0.0178. The van der Waals surface area contributed by atoms with E-state index >= 15 is 0 Å². The molecular formula is C17H22BrNO2. The zero-order chi connectivity index (χ0) is 15.6. The molecular weight excluding hydrogens is 330 g/mol. The maximum absolute atomic E-state index is 12.5. The Balaban J connectivity index is 2.25. The zero-order valence-electron chi connectivity index (χ0n) is 12.8. The van der Waals surface area contributed by atoms with Gasteiger partial charge in [-0.05, 0) is 51.3 Å². The van der Waals surface area contributed by atoms with Crippen molar-refractivity contribution in [1.82, 2.24) is 4.90 Å². The average Bonchev–Trinajstić information content (AvgIpc) is 2.81. The molecule has 0 bridgehead atoms. The van der Waals surface area contributed by atoms with Crippen LogP contribution in [0, 0.1) is 0 Å². The first-order valence-corrected chi connectivity index (χ1v) is 8.00. The van der Waals surface area contributed by atoms with Gasteiger partial charge in [0.2, 0.25) is 0 Å². The van der Waals surface area contributed by atoms with Crippen molar-refractivity contribution in [3.63, 3.8) is 0 Å². The van der Waals surface area contributed by atoms with E-state index in [9.17, 15) is 4.79 Å². The van der Waals surface area contributed by atoms with E-state index in [2.05, 4.69) is 34.6 Å². The third-order valence-corrected chi connectivity index (χ3v) is 4.09. The van der Waals surface area contributed by atoms with Gasteiger partial charge in [0.05, 0.1) is 12.1 Å². The lowest BCUT2D eigenvalue weighted by Crippen LogP contribution is -2.40. The molecule has 114 valence electrons. The number of hydrogen-bond donors (Lipinski definition) is 0. The molecule has 2 atom stereocenters. The van der Waals surface area contributed by atoms with Crippen molar-refractivity contribution in [3.8, 4) is 0 Å². The second kappa shape index (κ2) is 6.22. The summed E-state index contributed by atoms with van der Waals surface area (Å²) in [4.78, 5) is 14.3. The first-order valence-electron chi connectivity index (χ1n) is 7.21. The highest BCUT2D eigenvalue weighted by Gasteiger charge is 2.38. The van der Waals surface area contributed by atoms with Crippen molar-refractivity contribution in [1.29, 1.82) is 0 Å². The molecule has 2 rings (SSSR count). The van der Waals surface area contributed by atoms with Gasteiger partial charge in [0.25, 0.3) is 0 Å². The van der Waals surface area contributed by atoms with E-state index in [0.29, 0.717) is 0 Å². The molecule has 0 N–H and O–H groups in total. The number of nitrogens with zero attached hydrogens (tertiary/aromatic N) is 1. The minimum absolute atomic E-state index is 0.0356. The summed E-state index contributed by atoms with van der Waals surface area (Å²) in [5.74, 6) is 0. The van der Waals surface area contributed by atoms with Gasteiger partial charge in [0.15, 0.2) is 0 Å². The number of ether oxygens (including phenoxy) is 1. The second-order valence-electron chi connectivity index (χ2n) is 6.34. The van der Waals surface area contributed by atoms with E-state index in [-0.39, 0.29) is 18.2 Å². The molecule has 1 aromatic rings. The van der Waals surface area contributed by atoms with Gasteiger partial charge in [-0.1, -0.05) is 34.1 Å². The fourth-order valence-corrected chi connectivity index (χ4v) is 2.92. The number of carbonyl (C=O) groups is 1. The maximum Gasteiger partial charge on any atom is 0.411 e. The van der Waals surface area contributed by atoms with Crippen LogP contribution < -0.4 is 0 Å². The predicted octanol–water partition coefficient (Wildman–Crippen LogP) is 5.08. The number of amides is 1. The second-order valence-corrected chi connectivity index (χ2v) is 7.25. The largest absolute Gasteiger partial charge is 0.444 e. The number of halogens is 1. The maximum atomic E-state index is 12.5. The summed E-state index contributed by atoms with van der Waals surface area (Å²) in [5, 5.41) is 0. The molecule has 0 spiro atoms. The van der Waals surface area contributed by atoms with Gasteiger partial charge in [-0.3, -0.25) is 4.90 Å². The van der Waals surface area contributed by atoms with E-state index in [1.165, 1.54) is 0 Å². The van der Waals surface area contributed by atoms with E-state index in [1.807, 2.05) is 43.9 Å². The molecule has 1 aliphatic rings. The molecule has 4 heteroatoms. The molecule has 0 aliphatic carbocycles. The molecule has 2 unspecified atom stereocenters. The highest BCUT2D eigenvalue weighted by molar-refractivity contribution is 9.10. The van der Waals surface area contributed by atoms with Crippen LogP contribution >= 0.6 is 15.9 Å². The molecule has 1 fully saturated rings. The van der Waals surface area contributed by atoms with Gasteiger partial charge in [0, 0.05) is 4.47 Å². The van der Waals surface area contributed by atoms with E-state index in [0.717, 1.165) is 22.9 Å². The van der Waals surface area contributed by atoms with Crippen LogP contribution in [0.2, 0.25) is 0 Å². The van der Waals surface area contributed by atoms with Crippen LogP contribution in [-0.4, -0.2) is 22.6 Å². The van der Waals surface area contributed by atoms with Crippen LogP contribution in [0.4, 0.5) is 4.79 Å². The summed E-state index contributed by atoms with van der Waals surface area (Å²) in [5.41, 5.74) is 0.642. The Labute approximate surface area is 135 Å². The Kier molecular flexibility index (Phi) is 4.77. The minimum atomic E-state index is -0.490. The highest BCUT2D eigenvalue weighted by Crippen LogP contribution is 2.38. The number of hydrogen-bond acceptors (Lipinski definition) is 2. The van der Waals surface area contributed by atoms with Crippen LogP contribution in [0.1, 0.15) is 45.2 Å². The Hall–Kier alpha value is -1.29. The normalized spacial score (nSPS) is 22.2. The predicted molar refractivity (Wildman–Crippen MR) is 88.2 cm³/mol. The summed E-state index contributed by atoms with van der Waals surface area (Å²) in [7, 11) is 0. The molecule has 3 nitrogen and oxygen atoms in total. The van der Waals surface area contributed by atoms with Gasteiger partial charge in [-0.15, -0.1) is 6.58 Å². The van der Waals surface area contributed by atoms with Gasteiger partial charge >= 0.3 is 6.09 Å². The van der Waals surface area contributed by atoms with Crippen LogP contribution in [0.5, 0.6) is 0 Å². The lowest BCUT2D eigenvalue weighted by atomic mass is 10.1. The van der Waals surface area contributed by atoms with Crippen molar-refractivity contribution >= 4 is 22.0 Å². The van der Waals surface area contributed by atoms with Crippen molar-refractivity contribution in [3.05, 3.63) is 47.0 Å². The van der Waals surface area contributed by atoms with Crippen LogP contribution in [0.3, 0.4) is 0 Å². The summed E-state index contributed by atoms with van der Waals surface area (Å²) in [6, 6.07) is 8.20. The Bertz CT molecular complexity index is 519. The third kappa shape index (κ3) is 3.88. The van der Waals surface area contributed by atoms with Crippen LogP contribution in [0.25, 0.3) is 0 Å². The van der Waals surface area contributed by atoms with Gasteiger partial charge in [0.1, 0.15) is 5.60 Å². The molecule has 0 radical (unpaired) electrons. The first-order chi connectivity index (χ1) is 9.81. The standard InChI is InChI=1S/C17H22BrNO2/c1-5-14-10-11-15(12-6-8-13(18)9-7-12)19(14)16(20)21-17(2,3)4/h5-9,14-15H,1,10-11H2,2-4H3. The lowest BCUT2D eigenvalue weighted by Gasteiger charge is -2.31. The van der Waals surface area contributed by atoms with E-state index in [1.54, 1.807) is 0 Å². The molecule has 1 heterocycles. The number of rotatable bonds is 2. The van der Waals surface area contributed by atoms with Gasteiger partial charge < -0.3 is 4.74 Å². The van der Waals surface area contributed by atoms with Gasteiger partial charge in [-0.2, -0.15) is 0 Å². The minimum Gasteiger partial charge on any atom is -0.444 e. The number of carbonyl (C=O) groups excluding carboxylic acids is 1. The molecule has 0 aromatic heterocycles. The molecule has 1 amide bonds. The Morgan fingerprint density at radius 3 is 2.48 bits per heavy atom. The Morgan fingerprint density at radius 1 is 1.33 bits per heavy atom. The van der Waals surface area contributed by atoms with Crippen LogP contribution in [-0.2, 0) is 4.74 Å². The molecule has 1 aliphatic heterocycles. The molecule has 21 heavy (non-hydrogen) atoms. The summed E-state index contributed by atoms with van der Waals surface area (Å²) in [6.45, 7) is 9.52. The molecule has 1 aromatic carbocycles.